The molecule has 2 aromatic heterocycles. The van der Waals surface area contributed by atoms with Crippen LogP contribution in [0.25, 0.3) is 17.0 Å². The number of aromatic amines is 1. The third-order valence-electron chi connectivity index (χ3n) is 5.81. The third-order valence-corrected chi connectivity index (χ3v) is 5.81. The van der Waals surface area contributed by atoms with E-state index in [1.54, 1.807) is 19.2 Å². The number of ether oxygens (including phenoxy) is 1. The van der Waals surface area contributed by atoms with E-state index >= 15 is 0 Å². The van der Waals surface area contributed by atoms with Gasteiger partial charge in [0, 0.05) is 18.0 Å². The number of carbonyl (C=O) groups is 1. The summed E-state index contributed by atoms with van der Waals surface area (Å²) in [7, 11) is 1.56. The van der Waals surface area contributed by atoms with Crippen LogP contribution in [0, 0.1) is 0 Å². The first-order chi connectivity index (χ1) is 17.4. The topological polar surface area (TPSA) is 124 Å². The molecule has 0 fully saturated rings. The number of fused-ring (bicyclic) bond motifs is 1. The van der Waals surface area contributed by atoms with Gasteiger partial charge in [-0.25, -0.2) is 4.79 Å². The van der Waals surface area contributed by atoms with E-state index in [1.165, 1.54) is 21.6 Å². The Morgan fingerprint density at radius 3 is 2.67 bits per heavy atom. The molecule has 2 heterocycles. The monoisotopic (exact) mass is 488 g/mol. The Kier molecular flexibility index (Phi) is 7.39. The number of H-pyrrole nitrogens is 1. The molecule has 186 valence electrons. The fraction of sp³-hybridized carbons (Fsp3) is 0.222. The molecule has 0 radical (unpaired) electrons. The van der Waals surface area contributed by atoms with Crippen LogP contribution >= 0.6 is 0 Å². The first kappa shape index (κ1) is 24.6. The van der Waals surface area contributed by atoms with Crippen molar-refractivity contribution < 1.29 is 13.9 Å². The Labute approximate surface area is 207 Å². The summed E-state index contributed by atoms with van der Waals surface area (Å²) >= 11 is 0. The third kappa shape index (κ3) is 5.10. The van der Waals surface area contributed by atoms with Crippen molar-refractivity contribution >= 4 is 34.5 Å². The highest BCUT2D eigenvalue weighted by Crippen LogP contribution is 2.29. The zero-order valence-electron chi connectivity index (χ0n) is 20.2. The lowest BCUT2D eigenvalue weighted by atomic mass is 10.2. The number of methoxy groups -OCH3 is 1. The fourth-order valence-corrected chi connectivity index (χ4v) is 3.95. The Hall–Kier alpha value is -4.53. The number of hydrogen-bond donors (Lipinski definition) is 2. The zero-order valence-corrected chi connectivity index (χ0v) is 20.2. The molecule has 9 nitrogen and oxygen atoms in total. The summed E-state index contributed by atoms with van der Waals surface area (Å²) in [4.78, 5) is 42.3. The van der Waals surface area contributed by atoms with Crippen molar-refractivity contribution in [3.63, 3.8) is 0 Å². The summed E-state index contributed by atoms with van der Waals surface area (Å²) in [6.07, 6.45) is 4.28. The lowest BCUT2D eigenvalue weighted by molar-refractivity contribution is -0.114. The summed E-state index contributed by atoms with van der Waals surface area (Å²) in [5.41, 5.74) is 6.32. The van der Waals surface area contributed by atoms with Crippen LogP contribution in [0.3, 0.4) is 0 Å². The van der Waals surface area contributed by atoms with Gasteiger partial charge in [0.15, 0.2) is 17.0 Å². The lowest BCUT2D eigenvalue weighted by Gasteiger charge is -2.23. The molecular formula is C27H28N4O5. The van der Waals surface area contributed by atoms with Crippen LogP contribution in [0.1, 0.15) is 31.1 Å². The second-order valence-corrected chi connectivity index (χ2v) is 8.27. The minimum absolute atomic E-state index is 0.0556. The number of hydrogen-bond acceptors (Lipinski definition) is 6. The quantitative estimate of drug-likeness (QED) is 0.346. The van der Waals surface area contributed by atoms with Gasteiger partial charge in [0.25, 0.3) is 11.5 Å². The molecular weight excluding hydrogens is 460 g/mol. The van der Waals surface area contributed by atoms with Crippen LogP contribution in [0.2, 0.25) is 0 Å². The van der Waals surface area contributed by atoms with E-state index in [0.29, 0.717) is 23.5 Å². The van der Waals surface area contributed by atoms with Crippen molar-refractivity contribution in [3.8, 4) is 5.75 Å². The molecule has 2 aromatic carbocycles. The summed E-state index contributed by atoms with van der Waals surface area (Å²) in [6.45, 7) is 2.39. The lowest BCUT2D eigenvalue weighted by Crippen LogP contribution is -2.41. The molecule has 0 saturated heterocycles. The number of furan rings is 1. The molecule has 36 heavy (non-hydrogen) atoms. The number of amides is 1. The highest BCUT2D eigenvalue weighted by Gasteiger charge is 2.23. The van der Waals surface area contributed by atoms with Crippen molar-refractivity contribution in [2.45, 2.75) is 26.3 Å². The minimum atomic E-state index is -0.715. The number of nitrogens with one attached hydrogen (secondary N) is 1. The highest BCUT2D eigenvalue weighted by atomic mass is 16.5. The number of para-hydroxylation sites is 1. The molecule has 0 atom stereocenters. The van der Waals surface area contributed by atoms with E-state index in [2.05, 4.69) is 4.98 Å². The number of rotatable bonds is 9. The van der Waals surface area contributed by atoms with Gasteiger partial charge in [-0.2, -0.15) is 0 Å². The van der Waals surface area contributed by atoms with E-state index in [0.717, 1.165) is 17.4 Å². The second-order valence-electron chi connectivity index (χ2n) is 8.27. The predicted molar refractivity (Wildman–Crippen MR) is 140 cm³/mol. The maximum Gasteiger partial charge on any atom is 0.330 e. The van der Waals surface area contributed by atoms with Crippen LogP contribution < -0.4 is 26.6 Å². The molecule has 0 aliphatic rings. The van der Waals surface area contributed by atoms with E-state index in [9.17, 15) is 14.4 Å². The number of aromatic nitrogens is 2. The summed E-state index contributed by atoms with van der Waals surface area (Å²) in [5.74, 6) is 0.508. The smallest absolute Gasteiger partial charge is 0.330 e. The van der Waals surface area contributed by atoms with Gasteiger partial charge in [0.2, 0.25) is 0 Å². The Morgan fingerprint density at radius 2 is 1.94 bits per heavy atom. The highest BCUT2D eigenvalue weighted by molar-refractivity contribution is 6.05. The van der Waals surface area contributed by atoms with E-state index in [-0.39, 0.29) is 24.6 Å². The zero-order chi connectivity index (χ0) is 25.7. The molecule has 0 saturated carbocycles. The largest absolute Gasteiger partial charge is 0.493 e. The van der Waals surface area contributed by atoms with Gasteiger partial charge in [0.05, 0.1) is 13.7 Å². The standard InChI is InChI=1S/C27H28N4O5/c1-3-4-15-30(22(32)14-13-20-16-19-11-8-12-21(35-2)24(19)36-20)23-25(28)31(27(34)29-26(23)33)17-18-9-6-5-7-10-18/h5-14,16H,3-4,15,17,28H2,1-2H3,(H,29,33,34)/b14-13+. The molecule has 0 unspecified atom stereocenters. The molecule has 9 heteroatoms. The summed E-state index contributed by atoms with van der Waals surface area (Å²) in [5, 5.41) is 0.831. The number of nitrogens with zero attached hydrogens (tertiary/aromatic N) is 2. The average molecular weight is 489 g/mol. The number of nitrogens with two attached hydrogens (primary N) is 1. The predicted octanol–water partition coefficient (Wildman–Crippen LogP) is 3.77. The van der Waals surface area contributed by atoms with Gasteiger partial charge in [-0.3, -0.25) is 19.1 Å². The molecule has 0 spiro atoms. The normalized spacial score (nSPS) is 11.3. The van der Waals surface area contributed by atoms with E-state index in [1.807, 2.05) is 49.4 Å². The van der Waals surface area contributed by atoms with Crippen molar-refractivity contribution in [3.05, 3.63) is 92.8 Å². The molecule has 4 aromatic rings. The van der Waals surface area contributed by atoms with Crippen LogP contribution in [0.4, 0.5) is 11.5 Å². The van der Waals surface area contributed by atoms with Gasteiger partial charge in [-0.15, -0.1) is 0 Å². The second kappa shape index (κ2) is 10.8. The van der Waals surface area contributed by atoms with Crippen molar-refractivity contribution in [1.82, 2.24) is 9.55 Å². The van der Waals surface area contributed by atoms with Crippen LogP contribution in [0.5, 0.6) is 5.75 Å². The number of unbranched alkanes of at least 4 members (excludes halogenated alkanes) is 1. The van der Waals surface area contributed by atoms with E-state index < -0.39 is 17.2 Å². The SMILES string of the molecule is CCCCN(C(=O)/C=C/c1cc2cccc(OC)c2o1)c1c(N)n(Cc2ccccc2)c(=O)[nH]c1=O. The maximum atomic E-state index is 13.3. The summed E-state index contributed by atoms with van der Waals surface area (Å²) in [6, 6.07) is 16.6. The van der Waals surface area contributed by atoms with Gasteiger partial charge >= 0.3 is 5.69 Å². The first-order valence-electron chi connectivity index (χ1n) is 11.7. The minimum Gasteiger partial charge on any atom is -0.493 e. The van der Waals surface area contributed by atoms with E-state index in [4.69, 9.17) is 14.9 Å². The van der Waals surface area contributed by atoms with Crippen molar-refractivity contribution in [2.75, 3.05) is 24.3 Å². The molecule has 0 aliphatic carbocycles. The van der Waals surface area contributed by atoms with Crippen LogP contribution in [-0.4, -0.2) is 29.1 Å². The Balaban J connectivity index is 1.70. The molecule has 1 amide bonds. The maximum absolute atomic E-state index is 13.3. The van der Waals surface area contributed by atoms with Crippen LogP contribution in [0.15, 0.2) is 74.7 Å². The first-order valence-corrected chi connectivity index (χ1v) is 11.7. The molecule has 0 bridgehead atoms. The number of benzene rings is 2. The van der Waals surface area contributed by atoms with Crippen molar-refractivity contribution in [1.29, 1.82) is 0 Å². The Bertz CT molecular complexity index is 1510. The summed E-state index contributed by atoms with van der Waals surface area (Å²) < 4.78 is 12.4. The molecule has 4 rings (SSSR count). The van der Waals surface area contributed by atoms with Gasteiger partial charge in [-0.05, 0) is 30.2 Å². The number of carbonyl (C=O) groups excluding carboxylic acids is 1. The molecule has 0 aliphatic heterocycles. The van der Waals surface area contributed by atoms with Crippen molar-refractivity contribution in [2.24, 2.45) is 0 Å². The fourth-order valence-electron chi connectivity index (χ4n) is 3.95. The number of anilines is 2. The van der Waals surface area contributed by atoms with Gasteiger partial charge in [0.1, 0.15) is 11.6 Å². The molecule has 3 N–H and O–H groups in total. The number of nitrogen functional groups attached to an aromatic ring is 1. The Morgan fingerprint density at radius 1 is 1.17 bits per heavy atom. The van der Waals surface area contributed by atoms with Gasteiger partial charge < -0.3 is 19.8 Å². The average Bonchev–Trinajstić information content (AvgIpc) is 3.31. The van der Waals surface area contributed by atoms with Crippen LogP contribution in [-0.2, 0) is 11.3 Å². The van der Waals surface area contributed by atoms with Gasteiger partial charge in [-0.1, -0.05) is 55.8 Å².